The molecule has 0 spiro atoms. The molecule has 0 aromatic heterocycles. The quantitative estimate of drug-likeness (QED) is 0.875. The molecule has 20 heavy (non-hydrogen) atoms. The van der Waals surface area contributed by atoms with Gasteiger partial charge in [-0.05, 0) is 31.4 Å². The normalized spacial score (nSPS) is 23.0. The van der Waals surface area contributed by atoms with E-state index >= 15 is 0 Å². The summed E-state index contributed by atoms with van der Waals surface area (Å²) in [5.74, 6) is 1.08. The SMILES string of the molecule is Cc1cc2c(cc1S(=O)(=O)N1CCCC(N)C1)OCO2. The largest absolute Gasteiger partial charge is 0.454 e. The molecule has 1 fully saturated rings. The molecular weight excluding hydrogens is 280 g/mol. The Hall–Kier alpha value is -1.31. The van der Waals surface area contributed by atoms with Gasteiger partial charge in [0.25, 0.3) is 0 Å². The predicted octanol–water partition coefficient (Wildman–Crippen LogP) is 0.836. The van der Waals surface area contributed by atoms with E-state index in [9.17, 15) is 8.42 Å². The molecule has 3 rings (SSSR count). The van der Waals surface area contributed by atoms with Gasteiger partial charge in [0.15, 0.2) is 11.5 Å². The maximum absolute atomic E-state index is 12.7. The number of fused-ring (bicyclic) bond motifs is 1. The molecule has 1 unspecified atom stereocenters. The minimum absolute atomic E-state index is 0.0900. The van der Waals surface area contributed by atoms with E-state index < -0.39 is 10.0 Å². The Morgan fingerprint density at radius 2 is 2.00 bits per heavy atom. The van der Waals surface area contributed by atoms with Crippen LogP contribution < -0.4 is 15.2 Å². The van der Waals surface area contributed by atoms with Crippen molar-refractivity contribution in [1.82, 2.24) is 4.31 Å². The third kappa shape index (κ3) is 2.25. The first-order valence-corrected chi connectivity index (χ1v) is 8.08. The smallest absolute Gasteiger partial charge is 0.243 e. The summed E-state index contributed by atoms with van der Waals surface area (Å²) in [6.07, 6.45) is 1.66. The minimum Gasteiger partial charge on any atom is -0.454 e. The summed E-state index contributed by atoms with van der Waals surface area (Å²) >= 11 is 0. The van der Waals surface area contributed by atoms with Crippen LogP contribution in [0.4, 0.5) is 0 Å². The van der Waals surface area contributed by atoms with Crippen molar-refractivity contribution < 1.29 is 17.9 Å². The highest BCUT2D eigenvalue weighted by molar-refractivity contribution is 7.89. The molecule has 2 aliphatic rings. The van der Waals surface area contributed by atoms with Gasteiger partial charge in [0.1, 0.15) is 0 Å². The number of piperidine rings is 1. The van der Waals surface area contributed by atoms with Crippen LogP contribution in [0.3, 0.4) is 0 Å². The zero-order valence-electron chi connectivity index (χ0n) is 11.3. The Morgan fingerprint density at radius 3 is 2.70 bits per heavy atom. The molecule has 1 aromatic carbocycles. The van der Waals surface area contributed by atoms with Crippen LogP contribution in [-0.2, 0) is 10.0 Å². The van der Waals surface area contributed by atoms with Gasteiger partial charge in [-0.2, -0.15) is 4.31 Å². The summed E-state index contributed by atoms with van der Waals surface area (Å²) in [6, 6.07) is 3.17. The van der Waals surface area contributed by atoms with Crippen molar-refractivity contribution in [3.8, 4) is 11.5 Å². The first kappa shape index (κ1) is 13.7. The van der Waals surface area contributed by atoms with Crippen LogP contribution in [0, 0.1) is 6.92 Å². The van der Waals surface area contributed by atoms with Crippen molar-refractivity contribution in [3.05, 3.63) is 17.7 Å². The fourth-order valence-electron chi connectivity index (χ4n) is 2.63. The molecular formula is C13H18N2O4S. The van der Waals surface area contributed by atoms with Gasteiger partial charge in [-0.15, -0.1) is 0 Å². The first-order valence-electron chi connectivity index (χ1n) is 6.64. The zero-order valence-corrected chi connectivity index (χ0v) is 12.1. The van der Waals surface area contributed by atoms with Crippen molar-refractivity contribution in [2.45, 2.75) is 30.7 Å². The average Bonchev–Trinajstić information content (AvgIpc) is 2.84. The summed E-state index contributed by atoms with van der Waals surface area (Å²) in [5, 5.41) is 0. The number of nitrogens with zero attached hydrogens (tertiary/aromatic N) is 1. The van der Waals surface area contributed by atoms with Gasteiger partial charge in [-0.3, -0.25) is 0 Å². The monoisotopic (exact) mass is 298 g/mol. The van der Waals surface area contributed by atoms with Crippen molar-refractivity contribution >= 4 is 10.0 Å². The Morgan fingerprint density at radius 1 is 1.30 bits per heavy atom. The lowest BCUT2D eigenvalue weighted by Crippen LogP contribution is -2.45. The second-order valence-corrected chi connectivity index (χ2v) is 7.14. The molecule has 6 nitrogen and oxygen atoms in total. The number of hydrogen-bond acceptors (Lipinski definition) is 5. The average molecular weight is 298 g/mol. The van der Waals surface area contributed by atoms with E-state index in [1.165, 1.54) is 4.31 Å². The van der Waals surface area contributed by atoms with E-state index in [0.717, 1.165) is 12.8 Å². The number of aryl methyl sites for hydroxylation is 1. The molecule has 0 amide bonds. The molecule has 7 heteroatoms. The second kappa shape index (κ2) is 4.91. The van der Waals surface area contributed by atoms with E-state index in [1.807, 2.05) is 0 Å². The standard InChI is InChI=1S/C13H18N2O4S/c1-9-5-11-12(19-8-18-11)6-13(9)20(16,17)15-4-2-3-10(14)7-15/h5-6,10H,2-4,7-8,14H2,1H3. The summed E-state index contributed by atoms with van der Waals surface area (Å²) in [4.78, 5) is 0.274. The van der Waals surface area contributed by atoms with Crippen LogP contribution in [0.5, 0.6) is 11.5 Å². The molecule has 0 bridgehead atoms. The fraction of sp³-hybridized carbons (Fsp3) is 0.538. The highest BCUT2D eigenvalue weighted by Crippen LogP contribution is 2.37. The Balaban J connectivity index is 1.99. The Kier molecular flexibility index (Phi) is 3.35. The molecule has 0 saturated carbocycles. The predicted molar refractivity (Wildman–Crippen MR) is 73.3 cm³/mol. The molecule has 1 atom stereocenters. The second-order valence-electron chi connectivity index (χ2n) is 5.24. The molecule has 0 radical (unpaired) electrons. The van der Waals surface area contributed by atoms with Gasteiger partial charge in [0.05, 0.1) is 4.90 Å². The molecule has 1 saturated heterocycles. The van der Waals surface area contributed by atoms with Gasteiger partial charge >= 0.3 is 0 Å². The topological polar surface area (TPSA) is 81.9 Å². The number of nitrogens with two attached hydrogens (primary N) is 1. The molecule has 2 N–H and O–H groups in total. The van der Waals surface area contributed by atoms with Crippen molar-refractivity contribution in [2.24, 2.45) is 5.73 Å². The molecule has 110 valence electrons. The van der Waals surface area contributed by atoms with Gasteiger partial charge in [0, 0.05) is 25.2 Å². The van der Waals surface area contributed by atoms with Crippen LogP contribution in [0.15, 0.2) is 17.0 Å². The number of benzene rings is 1. The van der Waals surface area contributed by atoms with Gasteiger partial charge in [-0.1, -0.05) is 0 Å². The molecule has 0 aliphatic carbocycles. The van der Waals surface area contributed by atoms with Crippen molar-refractivity contribution in [1.29, 1.82) is 0 Å². The summed E-state index contributed by atoms with van der Waals surface area (Å²) in [7, 11) is -3.53. The van der Waals surface area contributed by atoms with Crippen molar-refractivity contribution in [2.75, 3.05) is 19.9 Å². The summed E-state index contributed by atoms with van der Waals surface area (Å²) in [5.41, 5.74) is 6.54. The maximum Gasteiger partial charge on any atom is 0.243 e. The molecule has 1 aromatic rings. The van der Waals surface area contributed by atoms with Gasteiger partial charge < -0.3 is 15.2 Å². The number of hydrogen-bond donors (Lipinski definition) is 1. The van der Waals surface area contributed by atoms with E-state index in [0.29, 0.717) is 30.2 Å². The maximum atomic E-state index is 12.7. The van der Waals surface area contributed by atoms with Crippen LogP contribution in [0.2, 0.25) is 0 Å². The molecule has 2 heterocycles. The van der Waals surface area contributed by atoms with Crippen LogP contribution in [-0.4, -0.2) is 38.6 Å². The number of rotatable bonds is 2. The van der Waals surface area contributed by atoms with Crippen LogP contribution in [0.25, 0.3) is 0 Å². The lowest BCUT2D eigenvalue weighted by atomic mass is 10.1. The van der Waals surface area contributed by atoms with Crippen molar-refractivity contribution in [3.63, 3.8) is 0 Å². The lowest BCUT2D eigenvalue weighted by Gasteiger charge is -2.30. The minimum atomic E-state index is -3.53. The van der Waals surface area contributed by atoms with E-state index in [2.05, 4.69) is 0 Å². The number of sulfonamides is 1. The number of ether oxygens (including phenoxy) is 2. The van der Waals surface area contributed by atoms with Crippen LogP contribution in [0.1, 0.15) is 18.4 Å². The Bertz CT molecular complexity index is 630. The Labute approximate surface area is 118 Å². The molecule has 2 aliphatic heterocycles. The van der Waals surface area contributed by atoms with E-state index in [4.69, 9.17) is 15.2 Å². The van der Waals surface area contributed by atoms with Crippen LogP contribution >= 0.6 is 0 Å². The lowest BCUT2D eigenvalue weighted by molar-refractivity contribution is 0.174. The zero-order chi connectivity index (χ0) is 14.3. The highest BCUT2D eigenvalue weighted by Gasteiger charge is 2.31. The van der Waals surface area contributed by atoms with Gasteiger partial charge in [0.2, 0.25) is 16.8 Å². The van der Waals surface area contributed by atoms with E-state index in [-0.39, 0.29) is 17.7 Å². The first-order chi connectivity index (χ1) is 9.48. The summed E-state index contributed by atoms with van der Waals surface area (Å²) < 4.78 is 37.4. The fourth-order valence-corrected chi connectivity index (χ4v) is 4.39. The van der Waals surface area contributed by atoms with Gasteiger partial charge in [-0.25, -0.2) is 8.42 Å². The van der Waals surface area contributed by atoms with E-state index in [1.54, 1.807) is 19.1 Å². The third-order valence-electron chi connectivity index (χ3n) is 3.71. The third-order valence-corrected chi connectivity index (χ3v) is 5.72. The summed E-state index contributed by atoms with van der Waals surface area (Å²) in [6.45, 7) is 2.78. The highest BCUT2D eigenvalue weighted by atomic mass is 32.2.